The van der Waals surface area contributed by atoms with Crippen molar-refractivity contribution in [2.75, 3.05) is 0 Å². The summed E-state index contributed by atoms with van der Waals surface area (Å²) < 4.78 is 0. The minimum Gasteiger partial charge on any atom is -0.298 e. The van der Waals surface area contributed by atoms with Crippen molar-refractivity contribution in [2.24, 2.45) is 0 Å². The fourth-order valence-electron chi connectivity index (χ4n) is 4.64. The van der Waals surface area contributed by atoms with Crippen LogP contribution in [-0.2, 0) is 6.54 Å². The van der Waals surface area contributed by atoms with Crippen LogP contribution in [0.1, 0.15) is 54.4 Å². The van der Waals surface area contributed by atoms with Crippen LogP contribution in [0.4, 0.5) is 0 Å². The smallest absolute Gasteiger partial charge is 0.0614 e. The number of allylic oxidation sites excluding steroid dienone is 1. The Balaban J connectivity index is 1.50. The molecule has 1 saturated carbocycles. The molecule has 2 heteroatoms. The topological polar surface area (TPSA) is 15.3 Å². The minimum atomic E-state index is 0.404. The molecule has 4 rings (SSSR count). The molecule has 1 saturated heterocycles. The fraction of sp³-hybridized carbons (Fsp3) is 0.385. The van der Waals surface area contributed by atoms with Gasteiger partial charge in [-0.2, -0.15) is 0 Å². The number of likely N-dealkylation sites (tertiary alicyclic amines) is 1. The maximum absolute atomic E-state index is 4.20. The monoisotopic (exact) mass is 372 g/mol. The molecule has 0 spiro atoms. The molecule has 1 aliphatic carbocycles. The molecule has 0 radical (unpaired) electrons. The van der Waals surface area contributed by atoms with Crippen molar-refractivity contribution in [1.82, 2.24) is 10.2 Å². The third kappa shape index (κ3) is 3.99. The molecular weight excluding hydrogens is 340 g/mol. The second kappa shape index (κ2) is 8.06. The van der Waals surface area contributed by atoms with Crippen LogP contribution in [0.25, 0.3) is 5.57 Å². The number of nitrogens with zero attached hydrogens (tertiary/aromatic N) is 1. The summed E-state index contributed by atoms with van der Waals surface area (Å²) in [6.45, 7) is 13.4. The summed E-state index contributed by atoms with van der Waals surface area (Å²) in [6, 6.07) is 18.9. The van der Waals surface area contributed by atoms with Gasteiger partial charge in [0.15, 0.2) is 0 Å². The van der Waals surface area contributed by atoms with Gasteiger partial charge in [0.05, 0.1) is 6.17 Å². The normalized spacial score (nSPS) is 25.0. The van der Waals surface area contributed by atoms with Crippen LogP contribution in [0.5, 0.6) is 0 Å². The van der Waals surface area contributed by atoms with Gasteiger partial charge in [0, 0.05) is 24.5 Å². The molecule has 2 nitrogen and oxygen atoms in total. The van der Waals surface area contributed by atoms with E-state index in [9.17, 15) is 0 Å². The quantitative estimate of drug-likeness (QED) is 0.632. The van der Waals surface area contributed by atoms with E-state index in [1.165, 1.54) is 35.1 Å². The van der Waals surface area contributed by atoms with Crippen molar-refractivity contribution in [3.8, 4) is 0 Å². The minimum absolute atomic E-state index is 0.404. The molecule has 1 aliphatic heterocycles. The summed E-state index contributed by atoms with van der Waals surface area (Å²) >= 11 is 0. The van der Waals surface area contributed by atoms with Crippen molar-refractivity contribution < 1.29 is 0 Å². The third-order valence-corrected chi connectivity index (χ3v) is 6.26. The molecule has 28 heavy (non-hydrogen) atoms. The molecule has 1 N–H and O–H groups in total. The first kappa shape index (κ1) is 19.2. The van der Waals surface area contributed by atoms with Gasteiger partial charge >= 0.3 is 0 Å². The molecule has 2 aromatic rings. The summed E-state index contributed by atoms with van der Waals surface area (Å²) in [5.74, 6) is 0.515. The summed E-state index contributed by atoms with van der Waals surface area (Å²) in [5, 5.41) is 3.85. The lowest BCUT2D eigenvalue weighted by Crippen LogP contribution is -2.45. The van der Waals surface area contributed by atoms with Gasteiger partial charge < -0.3 is 0 Å². The Morgan fingerprint density at radius 1 is 1.18 bits per heavy atom. The number of rotatable bonds is 7. The molecule has 0 amide bonds. The van der Waals surface area contributed by atoms with E-state index in [2.05, 4.69) is 91.8 Å². The SMILES string of the molecule is C=CC1C(c2cccc(C)c2)CC(NCc2ccc(C(=C)C)cc2)N1C1CC1. The second-order valence-electron chi connectivity index (χ2n) is 8.53. The second-order valence-corrected chi connectivity index (χ2v) is 8.53. The lowest BCUT2D eigenvalue weighted by atomic mass is 9.90. The Labute approximate surface area is 170 Å². The highest BCUT2D eigenvalue weighted by atomic mass is 15.3. The fourth-order valence-corrected chi connectivity index (χ4v) is 4.64. The van der Waals surface area contributed by atoms with Crippen LogP contribution < -0.4 is 5.32 Å². The number of aryl methyl sites for hydroxylation is 1. The molecule has 2 fully saturated rings. The first-order chi connectivity index (χ1) is 13.6. The third-order valence-electron chi connectivity index (χ3n) is 6.26. The van der Waals surface area contributed by atoms with Crippen LogP contribution in [-0.4, -0.2) is 23.1 Å². The van der Waals surface area contributed by atoms with Gasteiger partial charge in [-0.1, -0.05) is 72.3 Å². The average Bonchev–Trinajstić information content (AvgIpc) is 3.46. The van der Waals surface area contributed by atoms with Crippen molar-refractivity contribution in [3.05, 3.63) is 90.0 Å². The largest absolute Gasteiger partial charge is 0.298 e. The molecule has 3 atom stereocenters. The molecule has 0 aromatic heterocycles. The highest BCUT2D eigenvalue weighted by molar-refractivity contribution is 5.61. The van der Waals surface area contributed by atoms with Crippen LogP contribution in [0.2, 0.25) is 0 Å². The van der Waals surface area contributed by atoms with E-state index < -0.39 is 0 Å². The van der Waals surface area contributed by atoms with Crippen molar-refractivity contribution >= 4 is 5.57 Å². The predicted molar refractivity (Wildman–Crippen MR) is 119 cm³/mol. The molecule has 0 bridgehead atoms. The standard InChI is InChI=1S/C26H32N2/c1-5-25-24(22-8-6-7-19(4)15-22)16-26(28(25)23-13-14-23)27-17-20-9-11-21(12-10-20)18(2)3/h5-12,15,23-27H,1-2,13-14,16-17H2,3-4H3. The zero-order chi connectivity index (χ0) is 19.7. The van der Waals surface area contributed by atoms with Gasteiger partial charge in [-0.05, 0) is 49.8 Å². The van der Waals surface area contributed by atoms with Gasteiger partial charge in [-0.15, -0.1) is 6.58 Å². The van der Waals surface area contributed by atoms with E-state index in [-0.39, 0.29) is 0 Å². The summed E-state index contributed by atoms with van der Waals surface area (Å²) in [4.78, 5) is 2.70. The number of hydrogen-bond acceptors (Lipinski definition) is 2. The van der Waals surface area contributed by atoms with E-state index in [1.807, 2.05) is 0 Å². The van der Waals surface area contributed by atoms with Crippen LogP contribution in [0, 0.1) is 6.92 Å². The maximum atomic E-state index is 4.20. The lowest BCUT2D eigenvalue weighted by molar-refractivity contribution is 0.175. The average molecular weight is 373 g/mol. The summed E-state index contributed by atoms with van der Waals surface area (Å²) in [7, 11) is 0. The first-order valence-corrected chi connectivity index (χ1v) is 10.5. The van der Waals surface area contributed by atoms with E-state index in [0.717, 1.165) is 18.5 Å². The molecule has 2 aromatic carbocycles. The summed E-state index contributed by atoms with van der Waals surface area (Å²) in [5.41, 5.74) is 6.45. The first-order valence-electron chi connectivity index (χ1n) is 10.5. The van der Waals surface area contributed by atoms with Crippen molar-refractivity contribution in [3.63, 3.8) is 0 Å². The van der Waals surface area contributed by atoms with E-state index >= 15 is 0 Å². The maximum Gasteiger partial charge on any atom is 0.0614 e. The Hall–Kier alpha value is -2.16. The number of benzene rings is 2. The summed E-state index contributed by atoms with van der Waals surface area (Å²) in [6.07, 6.45) is 6.35. The van der Waals surface area contributed by atoms with E-state index in [0.29, 0.717) is 24.2 Å². The number of hydrogen-bond donors (Lipinski definition) is 1. The molecular formula is C26H32N2. The van der Waals surface area contributed by atoms with Gasteiger partial charge in [0.1, 0.15) is 0 Å². The zero-order valence-electron chi connectivity index (χ0n) is 17.2. The van der Waals surface area contributed by atoms with E-state index in [4.69, 9.17) is 0 Å². The lowest BCUT2D eigenvalue weighted by Gasteiger charge is -2.30. The number of nitrogens with one attached hydrogen (secondary N) is 1. The Morgan fingerprint density at radius 2 is 1.93 bits per heavy atom. The Kier molecular flexibility index (Phi) is 5.52. The van der Waals surface area contributed by atoms with Crippen LogP contribution in [0.3, 0.4) is 0 Å². The van der Waals surface area contributed by atoms with Gasteiger partial charge in [0.25, 0.3) is 0 Å². The van der Waals surface area contributed by atoms with Gasteiger partial charge in [0.2, 0.25) is 0 Å². The zero-order valence-corrected chi connectivity index (χ0v) is 17.2. The van der Waals surface area contributed by atoms with Gasteiger partial charge in [-0.25, -0.2) is 0 Å². The van der Waals surface area contributed by atoms with Crippen LogP contribution in [0.15, 0.2) is 67.8 Å². The molecule has 2 aliphatic rings. The molecule has 146 valence electrons. The van der Waals surface area contributed by atoms with Crippen LogP contribution >= 0.6 is 0 Å². The Morgan fingerprint density at radius 3 is 2.54 bits per heavy atom. The molecule has 3 unspecified atom stereocenters. The molecule has 1 heterocycles. The van der Waals surface area contributed by atoms with Crippen molar-refractivity contribution in [1.29, 1.82) is 0 Å². The highest BCUT2D eigenvalue weighted by Crippen LogP contribution is 2.43. The Bertz CT molecular complexity index is 847. The predicted octanol–water partition coefficient (Wildman–Crippen LogP) is 5.65. The van der Waals surface area contributed by atoms with E-state index in [1.54, 1.807) is 0 Å². The van der Waals surface area contributed by atoms with Gasteiger partial charge in [-0.3, -0.25) is 10.2 Å². The highest BCUT2D eigenvalue weighted by Gasteiger charge is 2.46. The van der Waals surface area contributed by atoms with Crippen molar-refractivity contribution in [2.45, 2.75) is 63.8 Å².